The SMILES string of the molecule is COCCOCCCCNC(=O)c1ccc(Br)c(Cl)c1. The van der Waals surface area contributed by atoms with Crippen LogP contribution < -0.4 is 5.32 Å². The van der Waals surface area contributed by atoms with Crippen LogP contribution in [-0.2, 0) is 9.47 Å². The molecule has 0 aromatic heterocycles. The molecule has 0 fully saturated rings. The molecule has 6 heteroatoms. The summed E-state index contributed by atoms with van der Waals surface area (Å²) < 4.78 is 11.0. The van der Waals surface area contributed by atoms with Crippen molar-refractivity contribution in [2.75, 3.05) is 33.5 Å². The fourth-order valence-electron chi connectivity index (χ4n) is 1.51. The van der Waals surface area contributed by atoms with Crippen molar-refractivity contribution in [2.24, 2.45) is 0 Å². The van der Waals surface area contributed by atoms with Crippen LogP contribution in [0.15, 0.2) is 22.7 Å². The first-order valence-corrected chi connectivity index (χ1v) is 7.62. The smallest absolute Gasteiger partial charge is 0.251 e. The largest absolute Gasteiger partial charge is 0.382 e. The maximum atomic E-state index is 11.8. The van der Waals surface area contributed by atoms with E-state index in [0.29, 0.717) is 37.0 Å². The van der Waals surface area contributed by atoms with E-state index in [4.69, 9.17) is 21.1 Å². The molecule has 0 aliphatic rings. The Kier molecular flexibility index (Phi) is 8.85. The molecule has 0 aliphatic carbocycles. The Bertz CT molecular complexity index is 429. The van der Waals surface area contributed by atoms with E-state index >= 15 is 0 Å². The molecule has 4 nitrogen and oxygen atoms in total. The lowest BCUT2D eigenvalue weighted by Crippen LogP contribution is -2.24. The monoisotopic (exact) mass is 363 g/mol. The van der Waals surface area contributed by atoms with Gasteiger partial charge in [0.1, 0.15) is 0 Å². The summed E-state index contributed by atoms with van der Waals surface area (Å²) >= 11 is 9.24. The van der Waals surface area contributed by atoms with E-state index in [1.165, 1.54) is 0 Å². The average Bonchev–Trinajstić information content (AvgIpc) is 2.44. The molecule has 1 amide bonds. The van der Waals surface area contributed by atoms with Crippen LogP contribution in [0.4, 0.5) is 0 Å². The Labute approximate surface area is 132 Å². The van der Waals surface area contributed by atoms with E-state index in [1.54, 1.807) is 25.3 Å². The van der Waals surface area contributed by atoms with Gasteiger partial charge in [0.05, 0.1) is 18.2 Å². The maximum Gasteiger partial charge on any atom is 0.251 e. The van der Waals surface area contributed by atoms with Crippen LogP contribution in [0.25, 0.3) is 0 Å². The molecule has 1 aromatic rings. The third kappa shape index (κ3) is 6.70. The number of amides is 1. The van der Waals surface area contributed by atoms with Gasteiger partial charge in [-0.05, 0) is 47.0 Å². The zero-order valence-electron chi connectivity index (χ0n) is 11.5. The van der Waals surface area contributed by atoms with Gasteiger partial charge in [-0.2, -0.15) is 0 Å². The number of hydrogen-bond donors (Lipinski definition) is 1. The number of benzene rings is 1. The first-order chi connectivity index (χ1) is 9.65. The quantitative estimate of drug-likeness (QED) is 0.684. The van der Waals surface area contributed by atoms with E-state index in [2.05, 4.69) is 21.2 Å². The lowest BCUT2D eigenvalue weighted by molar-refractivity contribution is 0.0686. The van der Waals surface area contributed by atoms with Gasteiger partial charge in [0, 0.05) is 30.3 Å². The fourth-order valence-corrected chi connectivity index (χ4v) is 1.94. The third-order valence-corrected chi connectivity index (χ3v) is 3.85. The van der Waals surface area contributed by atoms with Gasteiger partial charge < -0.3 is 14.8 Å². The van der Waals surface area contributed by atoms with Crippen molar-refractivity contribution in [1.82, 2.24) is 5.32 Å². The second-order valence-corrected chi connectivity index (χ2v) is 5.46. The minimum absolute atomic E-state index is 0.111. The van der Waals surface area contributed by atoms with Crippen LogP contribution in [0, 0.1) is 0 Å². The number of halogens is 2. The number of rotatable bonds is 9. The fraction of sp³-hybridized carbons (Fsp3) is 0.500. The molecule has 1 aromatic carbocycles. The highest BCUT2D eigenvalue weighted by atomic mass is 79.9. The van der Waals surface area contributed by atoms with E-state index in [9.17, 15) is 4.79 Å². The van der Waals surface area contributed by atoms with Gasteiger partial charge in [0.25, 0.3) is 5.91 Å². The van der Waals surface area contributed by atoms with Crippen LogP contribution in [0.5, 0.6) is 0 Å². The van der Waals surface area contributed by atoms with Crippen molar-refractivity contribution in [2.45, 2.75) is 12.8 Å². The van der Waals surface area contributed by atoms with Gasteiger partial charge >= 0.3 is 0 Å². The zero-order valence-corrected chi connectivity index (χ0v) is 13.8. The van der Waals surface area contributed by atoms with Crippen molar-refractivity contribution in [3.63, 3.8) is 0 Å². The molecular formula is C14H19BrClNO3. The topological polar surface area (TPSA) is 47.6 Å². The normalized spacial score (nSPS) is 10.6. The molecule has 20 heavy (non-hydrogen) atoms. The summed E-state index contributed by atoms with van der Waals surface area (Å²) in [6, 6.07) is 5.15. The van der Waals surface area contributed by atoms with Crippen LogP contribution in [-0.4, -0.2) is 39.4 Å². The molecule has 0 aliphatic heterocycles. The number of nitrogens with one attached hydrogen (secondary N) is 1. The average molecular weight is 365 g/mol. The lowest BCUT2D eigenvalue weighted by Gasteiger charge is -2.07. The van der Waals surface area contributed by atoms with Crippen molar-refractivity contribution >= 4 is 33.4 Å². The van der Waals surface area contributed by atoms with Crippen LogP contribution in [0.3, 0.4) is 0 Å². The molecule has 0 heterocycles. The number of hydrogen-bond acceptors (Lipinski definition) is 3. The maximum absolute atomic E-state index is 11.8. The van der Waals surface area contributed by atoms with Crippen LogP contribution >= 0.6 is 27.5 Å². The Morgan fingerprint density at radius 1 is 1.30 bits per heavy atom. The standard InChI is InChI=1S/C14H19BrClNO3/c1-19-8-9-20-7-3-2-6-17-14(18)11-4-5-12(15)13(16)10-11/h4-5,10H,2-3,6-9H2,1H3,(H,17,18). The molecule has 0 spiro atoms. The van der Waals surface area contributed by atoms with Gasteiger partial charge in [-0.25, -0.2) is 0 Å². The van der Waals surface area contributed by atoms with E-state index in [1.807, 2.05) is 0 Å². The molecule has 0 radical (unpaired) electrons. The number of carbonyl (C=O) groups is 1. The second kappa shape index (κ2) is 10.2. The highest BCUT2D eigenvalue weighted by Gasteiger charge is 2.06. The van der Waals surface area contributed by atoms with E-state index in [0.717, 1.165) is 17.3 Å². The molecule has 0 unspecified atom stereocenters. The Morgan fingerprint density at radius 3 is 2.80 bits per heavy atom. The summed E-state index contributed by atoms with van der Waals surface area (Å²) in [7, 11) is 1.65. The summed E-state index contributed by atoms with van der Waals surface area (Å²) in [5, 5.41) is 3.39. The van der Waals surface area contributed by atoms with Gasteiger partial charge in [0.15, 0.2) is 0 Å². The van der Waals surface area contributed by atoms with Gasteiger partial charge in [0.2, 0.25) is 0 Å². The van der Waals surface area contributed by atoms with E-state index in [-0.39, 0.29) is 5.91 Å². The molecule has 0 saturated carbocycles. The van der Waals surface area contributed by atoms with Gasteiger partial charge in [-0.1, -0.05) is 11.6 Å². The summed E-state index contributed by atoms with van der Waals surface area (Å²) in [6.45, 7) is 2.53. The molecule has 0 saturated heterocycles. The van der Waals surface area contributed by atoms with Crippen LogP contribution in [0.1, 0.15) is 23.2 Å². The van der Waals surface area contributed by atoms with Crippen LogP contribution in [0.2, 0.25) is 5.02 Å². The molecule has 1 N–H and O–H groups in total. The minimum Gasteiger partial charge on any atom is -0.382 e. The summed E-state index contributed by atoms with van der Waals surface area (Å²) in [4.78, 5) is 11.8. The molecule has 1 rings (SSSR count). The molecule has 0 bridgehead atoms. The number of methoxy groups -OCH3 is 1. The number of ether oxygens (including phenoxy) is 2. The van der Waals surface area contributed by atoms with Crippen molar-refractivity contribution in [3.05, 3.63) is 33.3 Å². The number of unbranched alkanes of at least 4 members (excludes halogenated alkanes) is 1. The highest BCUT2D eigenvalue weighted by Crippen LogP contribution is 2.23. The third-order valence-electron chi connectivity index (χ3n) is 2.61. The second-order valence-electron chi connectivity index (χ2n) is 4.20. The van der Waals surface area contributed by atoms with Gasteiger partial charge in [-0.3, -0.25) is 4.79 Å². The molecular weight excluding hydrogens is 346 g/mol. The predicted molar refractivity (Wildman–Crippen MR) is 83.4 cm³/mol. The Balaban J connectivity index is 2.15. The minimum atomic E-state index is -0.111. The Morgan fingerprint density at radius 2 is 2.10 bits per heavy atom. The summed E-state index contributed by atoms with van der Waals surface area (Å²) in [5.41, 5.74) is 0.564. The molecule has 0 atom stereocenters. The summed E-state index contributed by atoms with van der Waals surface area (Å²) in [5.74, 6) is -0.111. The predicted octanol–water partition coefficient (Wildman–Crippen LogP) is 3.28. The van der Waals surface area contributed by atoms with Crippen molar-refractivity contribution < 1.29 is 14.3 Å². The summed E-state index contributed by atoms with van der Waals surface area (Å²) in [6.07, 6.45) is 1.79. The van der Waals surface area contributed by atoms with Crippen molar-refractivity contribution in [1.29, 1.82) is 0 Å². The first-order valence-electron chi connectivity index (χ1n) is 6.45. The lowest BCUT2D eigenvalue weighted by atomic mass is 10.2. The molecule has 112 valence electrons. The highest BCUT2D eigenvalue weighted by molar-refractivity contribution is 9.10. The van der Waals surface area contributed by atoms with Crippen molar-refractivity contribution in [3.8, 4) is 0 Å². The number of carbonyl (C=O) groups excluding carboxylic acids is 1. The first kappa shape index (κ1) is 17.4. The zero-order chi connectivity index (χ0) is 14.8. The van der Waals surface area contributed by atoms with Gasteiger partial charge in [-0.15, -0.1) is 0 Å². The Hall–Kier alpha value is -0.620. The van der Waals surface area contributed by atoms with E-state index < -0.39 is 0 Å².